The summed E-state index contributed by atoms with van der Waals surface area (Å²) in [6, 6.07) is -0.970. The zero-order valence-electron chi connectivity index (χ0n) is 9.39. The van der Waals surface area contributed by atoms with Crippen LogP contribution in [0.3, 0.4) is 0 Å². The van der Waals surface area contributed by atoms with Crippen molar-refractivity contribution in [2.45, 2.75) is 13.0 Å². The maximum Gasteiger partial charge on any atom is 0.407 e. The van der Waals surface area contributed by atoms with Crippen molar-refractivity contribution in [3.63, 3.8) is 0 Å². The predicted octanol–water partition coefficient (Wildman–Crippen LogP) is -0.151. The molecule has 0 heterocycles. The fourth-order valence-electron chi connectivity index (χ4n) is 0.718. The van der Waals surface area contributed by atoms with E-state index in [-0.39, 0.29) is 13.2 Å². The molecule has 0 aliphatic rings. The van der Waals surface area contributed by atoms with E-state index in [4.69, 9.17) is 14.6 Å². The molecule has 16 heavy (non-hydrogen) atoms. The van der Waals surface area contributed by atoms with Crippen LogP contribution in [0.15, 0.2) is 0 Å². The summed E-state index contributed by atoms with van der Waals surface area (Å²) >= 11 is 0. The highest BCUT2D eigenvalue weighted by molar-refractivity contribution is 5.79. The average molecular weight is 235 g/mol. The van der Waals surface area contributed by atoms with Crippen molar-refractivity contribution in [1.82, 2.24) is 5.32 Å². The second-order valence-electron chi connectivity index (χ2n) is 2.95. The number of nitrogens with one attached hydrogen (secondary N) is 1. The van der Waals surface area contributed by atoms with Gasteiger partial charge in [-0.15, -0.1) is 0 Å². The molecule has 0 aromatic carbocycles. The van der Waals surface area contributed by atoms with Crippen LogP contribution in [-0.2, 0) is 19.0 Å². The van der Waals surface area contributed by atoms with Gasteiger partial charge in [-0.25, -0.2) is 4.79 Å². The first-order valence-corrected chi connectivity index (χ1v) is 4.80. The minimum absolute atomic E-state index is 0.0713. The zero-order chi connectivity index (χ0) is 12.4. The van der Waals surface area contributed by atoms with Crippen molar-refractivity contribution >= 4 is 12.1 Å². The summed E-state index contributed by atoms with van der Waals surface area (Å²) in [6.07, 6.45) is -0.773. The van der Waals surface area contributed by atoms with Gasteiger partial charge in [-0.05, 0) is 6.92 Å². The van der Waals surface area contributed by atoms with E-state index >= 15 is 0 Å². The Hall–Kier alpha value is -1.34. The molecule has 0 aromatic rings. The number of methoxy groups -OCH3 is 1. The molecule has 0 saturated heterocycles. The van der Waals surface area contributed by atoms with Crippen LogP contribution in [0.5, 0.6) is 0 Å². The fraction of sp³-hybridized carbons (Fsp3) is 0.778. The summed E-state index contributed by atoms with van der Waals surface area (Å²) in [5, 5.41) is 10.6. The third kappa shape index (κ3) is 8.01. The normalized spacial score (nSPS) is 11.9. The van der Waals surface area contributed by atoms with Gasteiger partial charge in [0.05, 0.1) is 19.8 Å². The summed E-state index contributed by atoms with van der Waals surface area (Å²) in [5.41, 5.74) is 0. The van der Waals surface area contributed by atoms with E-state index < -0.39 is 18.1 Å². The molecule has 0 saturated carbocycles. The van der Waals surface area contributed by atoms with Gasteiger partial charge in [0.25, 0.3) is 0 Å². The average Bonchev–Trinajstić information content (AvgIpc) is 2.23. The minimum atomic E-state index is -1.12. The van der Waals surface area contributed by atoms with Crippen LogP contribution in [0.25, 0.3) is 0 Å². The molecule has 1 atom stereocenters. The van der Waals surface area contributed by atoms with Crippen molar-refractivity contribution in [3.8, 4) is 0 Å². The van der Waals surface area contributed by atoms with E-state index in [1.165, 1.54) is 6.92 Å². The highest BCUT2D eigenvalue weighted by atomic mass is 16.6. The maximum absolute atomic E-state index is 11.0. The number of hydrogen-bond donors (Lipinski definition) is 2. The number of carboxylic acids is 1. The summed E-state index contributed by atoms with van der Waals surface area (Å²) in [7, 11) is 1.56. The van der Waals surface area contributed by atoms with E-state index in [1.807, 2.05) is 0 Å². The number of carbonyl (C=O) groups is 2. The molecule has 0 bridgehead atoms. The Morgan fingerprint density at radius 1 is 1.25 bits per heavy atom. The SMILES string of the molecule is COCCOCCOC(=O)N[C@@H](C)C(=O)O. The van der Waals surface area contributed by atoms with Crippen molar-refractivity contribution in [2.75, 3.05) is 33.5 Å². The van der Waals surface area contributed by atoms with E-state index in [1.54, 1.807) is 7.11 Å². The number of ether oxygens (including phenoxy) is 3. The second-order valence-corrected chi connectivity index (χ2v) is 2.95. The lowest BCUT2D eigenvalue weighted by molar-refractivity contribution is -0.138. The third-order valence-corrected chi connectivity index (χ3v) is 1.60. The second kappa shape index (κ2) is 8.93. The summed E-state index contributed by atoms with van der Waals surface area (Å²) in [5.74, 6) is -1.12. The Labute approximate surface area is 93.7 Å². The first-order chi connectivity index (χ1) is 7.57. The van der Waals surface area contributed by atoms with Gasteiger partial charge < -0.3 is 24.6 Å². The van der Waals surface area contributed by atoms with Gasteiger partial charge in [-0.2, -0.15) is 0 Å². The molecule has 0 unspecified atom stereocenters. The predicted molar refractivity (Wildman–Crippen MR) is 54.3 cm³/mol. The van der Waals surface area contributed by atoms with E-state index in [0.29, 0.717) is 13.2 Å². The quantitative estimate of drug-likeness (QED) is 0.568. The van der Waals surface area contributed by atoms with E-state index in [2.05, 4.69) is 10.1 Å². The molecule has 0 fully saturated rings. The molecule has 0 radical (unpaired) electrons. The topological polar surface area (TPSA) is 94.1 Å². The lowest BCUT2D eigenvalue weighted by atomic mass is 10.4. The fourth-order valence-corrected chi connectivity index (χ4v) is 0.718. The van der Waals surface area contributed by atoms with Crippen molar-refractivity contribution in [3.05, 3.63) is 0 Å². The number of carbonyl (C=O) groups excluding carboxylic acids is 1. The molecule has 0 spiro atoms. The molecule has 0 aliphatic carbocycles. The molecule has 0 aliphatic heterocycles. The molecule has 2 N–H and O–H groups in total. The number of rotatable bonds is 8. The van der Waals surface area contributed by atoms with Crippen LogP contribution in [0, 0.1) is 0 Å². The van der Waals surface area contributed by atoms with Crippen molar-refractivity contribution in [2.24, 2.45) is 0 Å². The molecular weight excluding hydrogens is 218 g/mol. The van der Waals surface area contributed by atoms with Gasteiger partial charge in [0.15, 0.2) is 0 Å². The Kier molecular flexibility index (Phi) is 8.18. The Morgan fingerprint density at radius 3 is 2.44 bits per heavy atom. The highest BCUT2D eigenvalue weighted by Crippen LogP contribution is 1.85. The largest absolute Gasteiger partial charge is 0.480 e. The van der Waals surface area contributed by atoms with Crippen molar-refractivity contribution < 1.29 is 28.9 Å². The Bertz CT molecular complexity index is 220. The minimum Gasteiger partial charge on any atom is -0.480 e. The lowest BCUT2D eigenvalue weighted by Crippen LogP contribution is -2.39. The molecule has 0 rings (SSSR count). The number of aliphatic carboxylic acids is 1. The Balaban J connectivity index is 3.40. The van der Waals surface area contributed by atoms with Crippen molar-refractivity contribution in [1.29, 1.82) is 0 Å². The van der Waals surface area contributed by atoms with Crippen LogP contribution >= 0.6 is 0 Å². The molecule has 94 valence electrons. The van der Waals surface area contributed by atoms with Gasteiger partial charge in [-0.1, -0.05) is 0 Å². The monoisotopic (exact) mass is 235 g/mol. The van der Waals surface area contributed by atoms with Gasteiger partial charge in [0, 0.05) is 7.11 Å². The van der Waals surface area contributed by atoms with Crippen LogP contribution in [0.1, 0.15) is 6.92 Å². The standard InChI is InChI=1S/C9H17NO6/c1-7(8(11)12)10-9(13)16-6-5-15-4-3-14-2/h7H,3-6H2,1-2H3,(H,10,13)(H,11,12)/t7-/m0/s1. The highest BCUT2D eigenvalue weighted by Gasteiger charge is 2.14. The van der Waals surface area contributed by atoms with E-state index in [0.717, 1.165) is 0 Å². The summed E-state index contributed by atoms with van der Waals surface area (Å²) in [6.45, 7) is 2.56. The Morgan fingerprint density at radius 2 is 1.88 bits per heavy atom. The number of alkyl carbamates (subject to hydrolysis) is 1. The van der Waals surface area contributed by atoms with Gasteiger partial charge >= 0.3 is 12.1 Å². The van der Waals surface area contributed by atoms with Gasteiger partial charge in [0.1, 0.15) is 12.6 Å². The molecule has 7 nitrogen and oxygen atoms in total. The summed E-state index contributed by atoms with van der Waals surface area (Å²) in [4.78, 5) is 21.3. The number of amides is 1. The van der Waals surface area contributed by atoms with Gasteiger partial charge in [0.2, 0.25) is 0 Å². The maximum atomic E-state index is 11.0. The van der Waals surface area contributed by atoms with E-state index in [9.17, 15) is 9.59 Å². The first kappa shape index (κ1) is 14.7. The van der Waals surface area contributed by atoms with Crippen LogP contribution < -0.4 is 5.32 Å². The molecule has 1 amide bonds. The van der Waals surface area contributed by atoms with Crippen LogP contribution in [-0.4, -0.2) is 56.7 Å². The molecule has 7 heteroatoms. The lowest BCUT2D eigenvalue weighted by Gasteiger charge is -2.10. The smallest absolute Gasteiger partial charge is 0.407 e. The zero-order valence-corrected chi connectivity index (χ0v) is 9.39. The third-order valence-electron chi connectivity index (χ3n) is 1.60. The number of carboxylic acid groups (broad SMARTS) is 1. The van der Waals surface area contributed by atoms with Crippen LogP contribution in [0.4, 0.5) is 4.79 Å². The number of hydrogen-bond acceptors (Lipinski definition) is 5. The molecular formula is C9H17NO6. The molecule has 0 aromatic heterocycles. The summed E-state index contributed by atoms with van der Waals surface area (Å²) < 4.78 is 14.4. The first-order valence-electron chi connectivity index (χ1n) is 4.80. The van der Waals surface area contributed by atoms with Gasteiger partial charge in [-0.3, -0.25) is 4.79 Å². The van der Waals surface area contributed by atoms with Crippen LogP contribution in [0.2, 0.25) is 0 Å².